The minimum atomic E-state index is -0.821. The molecule has 0 saturated carbocycles. The molecule has 1 fully saturated rings. The summed E-state index contributed by atoms with van der Waals surface area (Å²) in [5, 5.41) is 2.58. The Labute approximate surface area is 123 Å². The van der Waals surface area contributed by atoms with E-state index in [1.807, 2.05) is 38.1 Å². The summed E-state index contributed by atoms with van der Waals surface area (Å²) in [6, 6.07) is 7.59. The lowest BCUT2D eigenvalue weighted by molar-refractivity contribution is -0.187. The number of carbonyl (C=O) groups is 2. The van der Waals surface area contributed by atoms with Crippen LogP contribution in [0.3, 0.4) is 0 Å². The van der Waals surface area contributed by atoms with E-state index in [2.05, 4.69) is 5.32 Å². The SMILES string of the molecule is CNC(=O)[C@H]1C(=O)OC(C)(C)[C@@H]2COc3ccccc3[C@H]12. The third-order valence-electron chi connectivity index (χ3n) is 4.53. The fraction of sp³-hybridized carbons (Fsp3) is 0.500. The van der Waals surface area contributed by atoms with Crippen molar-refractivity contribution in [3.05, 3.63) is 29.8 Å². The van der Waals surface area contributed by atoms with Crippen molar-refractivity contribution in [1.29, 1.82) is 0 Å². The molecule has 0 radical (unpaired) electrons. The van der Waals surface area contributed by atoms with Crippen molar-refractivity contribution in [2.24, 2.45) is 11.8 Å². The summed E-state index contributed by atoms with van der Waals surface area (Å²) in [6.07, 6.45) is 0. The highest BCUT2D eigenvalue weighted by Gasteiger charge is 2.55. The van der Waals surface area contributed by atoms with E-state index in [1.54, 1.807) is 0 Å². The number of fused-ring (bicyclic) bond motifs is 3. The maximum atomic E-state index is 12.4. The number of rotatable bonds is 1. The van der Waals surface area contributed by atoms with Crippen LogP contribution < -0.4 is 10.1 Å². The molecular weight excluding hydrogens is 270 g/mol. The Balaban J connectivity index is 2.13. The van der Waals surface area contributed by atoms with Crippen LogP contribution in [0.5, 0.6) is 5.75 Å². The van der Waals surface area contributed by atoms with Crippen LogP contribution >= 0.6 is 0 Å². The summed E-state index contributed by atoms with van der Waals surface area (Å²) in [7, 11) is 1.54. The Kier molecular flexibility index (Phi) is 3.15. The van der Waals surface area contributed by atoms with Gasteiger partial charge >= 0.3 is 5.97 Å². The Bertz CT molecular complexity index is 596. The van der Waals surface area contributed by atoms with E-state index in [9.17, 15) is 9.59 Å². The van der Waals surface area contributed by atoms with Gasteiger partial charge in [-0.15, -0.1) is 0 Å². The van der Waals surface area contributed by atoms with Crippen LogP contribution in [0.4, 0.5) is 0 Å². The number of cyclic esters (lactones) is 1. The van der Waals surface area contributed by atoms with Crippen LogP contribution in [0.1, 0.15) is 25.3 Å². The largest absolute Gasteiger partial charge is 0.493 e. The number of amides is 1. The molecule has 0 spiro atoms. The van der Waals surface area contributed by atoms with Crippen molar-refractivity contribution in [2.45, 2.75) is 25.4 Å². The van der Waals surface area contributed by atoms with Gasteiger partial charge in [-0.05, 0) is 25.5 Å². The van der Waals surface area contributed by atoms with Crippen LogP contribution in [-0.2, 0) is 14.3 Å². The molecule has 5 nitrogen and oxygen atoms in total. The standard InChI is InChI=1S/C16H19NO4/c1-16(2)10-8-20-11-7-5-4-6-9(11)12(10)13(14(18)17-3)15(19)21-16/h4-7,10,12-13H,8H2,1-3H3,(H,17,18)/t10-,12+,13+/m1/s1. The highest BCUT2D eigenvalue weighted by molar-refractivity contribution is 5.99. The lowest BCUT2D eigenvalue weighted by atomic mass is 9.67. The zero-order valence-electron chi connectivity index (χ0n) is 12.4. The van der Waals surface area contributed by atoms with Gasteiger partial charge in [0.2, 0.25) is 5.91 Å². The van der Waals surface area contributed by atoms with Gasteiger partial charge < -0.3 is 14.8 Å². The first-order chi connectivity index (χ1) is 9.95. The van der Waals surface area contributed by atoms with Crippen molar-refractivity contribution in [3.8, 4) is 5.75 Å². The van der Waals surface area contributed by atoms with Crippen LogP contribution in [0, 0.1) is 11.8 Å². The molecule has 21 heavy (non-hydrogen) atoms. The number of para-hydroxylation sites is 1. The average Bonchev–Trinajstić information content (AvgIpc) is 2.45. The molecule has 0 bridgehead atoms. The number of ether oxygens (including phenoxy) is 2. The summed E-state index contributed by atoms with van der Waals surface area (Å²) in [6.45, 7) is 4.19. The number of benzene rings is 1. The second-order valence-corrected chi connectivity index (χ2v) is 6.10. The first kappa shape index (κ1) is 13.9. The average molecular weight is 289 g/mol. The summed E-state index contributed by atoms with van der Waals surface area (Å²) in [5.74, 6) is -1.10. The van der Waals surface area contributed by atoms with E-state index < -0.39 is 17.5 Å². The Hall–Kier alpha value is -2.04. The minimum Gasteiger partial charge on any atom is -0.493 e. The van der Waals surface area contributed by atoms with Crippen molar-refractivity contribution < 1.29 is 19.1 Å². The number of hydrogen-bond donors (Lipinski definition) is 1. The van der Waals surface area contributed by atoms with Crippen molar-refractivity contribution in [2.75, 3.05) is 13.7 Å². The van der Waals surface area contributed by atoms with Gasteiger partial charge in [0, 0.05) is 18.9 Å². The predicted molar refractivity (Wildman–Crippen MR) is 75.9 cm³/mol. The molecule has 2 heterocycles. The first-order valence-electron chi connectivity index (χ1n) is 7.12. The molecule has 1 aromatic rings. The van der Waals surface area contributed by atoms with Gasteiger partial charge in [-0.1, -0.05) is 18.2 Å². The van der Waals surface area contributed by atoms with Crippen LogP contribution in [-0.4, -0.2) is 31.1 Å². The molecule has 1 saturated heterocycles. The van der Waals surface area contributed by atoms with Gasteiger partial charge in [-0.25, -0.2) is 0 Å². The quantitative estimate of drug-likeness (QED) is 0.628. The lowest BCUT2D eigenvalue weighted by Gasteiger charge is -2.48. The Morgan fingerprint density at radius 2 is 2.05 bits per heavy atom. The van der Waals surface area contributed by atoms with E-state index in [1.165, 1.54) is 7.05 Å². The molecule has 2 aliphatic heterocycles. The Morgan fingerprint density at radius 1 is 1.33 bits per heavy atom. The second kappa shape index (κ2) is 4.76. The third-order valence-corrected chi connectivity index (χ3v) is 4.53. The molecule has 0 aromatic heterocycles. The third kappa shape index (κ3) is 2.07. The normalized spacial score (nSPS) is 29.5. The summed E-state index contributed by atoms with van der Waals surface area (Å²) < 4.78 is 11.3. The van der Waals surface area contributed by atoms with Crippen LogP contribution in [0.25, 0.3) is 0 Å². The number of hydrogen-bond acceptors (Lipinski definition) is 4. The fourth-order valence-corrected chi connectivity index (χ4v) is 3.40. The molecule has 0 unspecified atom stereocenters. The molecule has 1 amide bonds. The van der Waals surface area contributed by atoms with Gasteiger partial charge in [-0.2, -0.15) is 0 Å². The van der Waals surface area contributed by atoms with E-state index >= 15 is 0 Å². The predicted octanol–water partition coefficient (Wildman–Crippen LogP) is 1.48. The molecule has 2 aliphatic rings. The molecule has 3 rings (SSSR count). The molecule has 112 valence electrons. The van der Waals surface area contributed by atoms with E-state index in [4.69, 9.17) is 9.47 Å². The summed E-state index contributed by atoms with van der Waals surface area (Å²) >= 11 is 0. The molecule has 0 aliphatic carbocycles. The maximum absolute atomic E-state index is 12.4. The van der Waals surface area contributed by atoms with Crippen LogP contribution in [0.15, 0.2) is 24.3 Å². The first-order valence-corrected chi connectivity index (χ1v) is 7.12. The molecule has 1 aromatic carbocycles. The molecule has 5 heteroatoms. The second-order valence-electron chi connectivity index (χ2n) is 6.10. The lowest BCUT2D eigenvalue weighted by Crippen LogP contribution is -2.56. The van der Waals surface area contributed by atoms with Gasteiger partial charge in [-0.3, -0.25) is 9.59 Å². The van der Waals surface area contributed by atoms with Gasteiger partial charge in [0.05, 0.1) is 6.61 Å². The molecule has 3 atom stereocenters. The van der Waals surface area contributed by atoms with Gasteiger partial charge in [0.1, 0.15) is 17.3 Å². The van der Waals surface area contributed by atoms with E-state index in [0.29, 0.717) is 6.61 Å². The van der Waals surface area contributed by atoms with Crippen molar-refractivity contribution in [3.63, 3.8) is 0 Å². The monoisotopic (exact) mass is 289 g/mol. The number of carbonyl (C=O) groups excluding carboxylic acids is 2. The number of esters is 1. The molecular formula is C16H19NO4. The fourth-order valence-electron chi connectivity index (χ4n) is 3.40. The zero-order chi connectivity index (χ0) is 15.2. The Morgan fingerprint density at radius 3 is 2.76 bits per heavy atom. The summed E-state index contributed by atoms with van der Waals surface area (Å²) in [4.78, 5) is 24.6. The van der Waals surface area contributed by atoms with Crippen LogP contribution in [0.2, 0.25) is 0 Å². The van der Waals surface area contributed by atoms with Gasteiger partial charge in [0.25, 0.3) is 0 Å². The molecule has 1 N–H and O–H groups in total. The maximum Gasteiger partial charge on any atom is 0.319 e. The zero-order valence-corrected chi connectivity index (χ0v) is 12.4. The highest BCUT2D eigenvalue weighted by atomic mass is 16.6. The van der Waals surface area contributed by atoms with Crippen molar-refractivity contribution >= 4 is 11.9 Å². The smallest absolute Gasteiger partial charge is 0.319 e. The summed E-state index contributed by atoms with van der Waals surface area (Å²) in [5.41, 5.74) is 0.256. The van der Waals surface area contributed by atoms with E-state index in [-0.39, 0.29) is 17.7 Å². The van der Waals surface area contributed by atoms with E-state index in [0.717, 1.165) is 11.3 Å². The topological polar surface area (TPSA) is 64.6 Å². The number of nitrogens with one attached hydrogen (secondary N) is 1. The van der Waals surface area contributed by atoms with Crippen molar-refractivity contribution in [1.82, 2.24) is 5.32 Å². The minimum absolute atomic E-state index is 0.0487. The van der Waals surface area contributed by atoms with Gasteiger partial charge in [0.15, 0.2) is 0 Å². The highest BCUT2D eigenvalue weighted by Crippen LogP contribution is 2.50.